The van der Waals surface area contributed by atoms with Crippen LogP contribution in [0.15, 0.2) is 42.5 Å². The Morgan fingerprint density at radius 1 is 1.16 bits per heavy atom. The summed E-state index contributed by atoms with van der Waals surface area (Å²) in [6.45, 7) is 5.09. The minimum absolute atomic E-state index is 0.151. The number of carbonyl (C=O) groups is 2. The molecule has 0 aliphatic carbocycles. The molecule has 2 fully saturated rings. The van der Waals surface area contributed by atoms with E-state index in [4.69, 9.17) is 5.26 Å². The Hall–Kier alpha value is -3.37. The number of rotatable bonds is 3. The predicted octanol–water partition coefficient (Wildman–Crippen LogP) is 3.82. The highest BCUT2D eigenvalue weighted by Crippen LogP contribution is 2.39. The second kappa shape index (κ2) is 9.01. The number of aryl methyl sites for hydroxylation is 1. The number of likely N-dealkylation sites (tertiary alicyclic amines) is 1. The second-order valence-electron chi connectivity index (χ2n) is 8.95. The molecule has 0 saturated carbocycles. The van der Waals surface area contributed by atoms with E-state index in [1.54, 1.807) is 24.3 Å². The summed E-state index contributed by atoms with van der Waals surface area (Å²) in [6.07, 6.45) is 1.79. The molecule has 2 aliphatic rings. The number of likely N-dealkylation sites (N-methyl/N-ethyl adjacent to an activating group) is 1. The molecule has 166 valence electrons. The number of carbonyl (C=O) groups excluding carboxylic acids is 2. The van der Waals surface area contributed by atoms with Gasteiger partial charge in [0.05, 0.1) is 17.6 Å². The zero-order valence-electron chi connectivity index (χ0n) is 18.7. The highest BCUT2D eigenvalue weighted by molar-refractivity contribution is 6.00. The summed E-state index contributed by atoms with van der Waals surface area (Å²) >= 11 is 0. The Morgan fingerprint density at radius 3 is 2.66 bits per heavy atom. The van der Waals surface area contributed by atoms with Crippen LogP contribution >= 0.6 is 0 Å². The lowest BCUT2D eigenvalue weighted by atomic mass is 9.75. The van der Waals surface area contributed by atoms with Gasteiger partial charge in [0.2, 0.25) is 5.91 Å². The van der Waals surface area contributed by atoms with Crippen LogP contribution in [0.5, 0.6) is 0 Å². The highest BCUT2D eigenvalue weighted by Gasteiger charge is 2.43. The number of nitrogens with zero attached hydrogens (tertiary/aromatic N) is 2. The minimum Gasteiger partial charge on any atom is -0.342 e. The molecule has 2 saturated heterocycles. The van der Waals surface area contributed by atoms with Gasteiger partial charge >= 0.3 is 6.03 Å². The quantitative estimate of drug-likeness (QED) is 0.688. The van der Waals surface area contributed by atoms with Gasteiger partial charge in [-0.2, -0.15) is 5.26 Å². The van der Waals surface area contributed by atoms with Crippen molar-refractivity contribution >= 4 is 23.3 Å². The maximum Gasteiger partial charge on any atom is 0.323 e. The fourth-order valence-corrected chi connectivity index (χ4v) is 4.97. The molecule has 2 aromatic carbocycles. The Bertz CT molecular complexity index is 1080. The molecule has 32 heavy (non-hydrogen) atoms. The molecule has 2 heterocycles. The normalized spacial score (nSPS) is 24.9. The first-order valence-electron chi connectivity index (χ1n) is 11.0. The third-order valence-electron chi connectivity index (χ3n) is 6.71. The van der Waals surface area contributed by atoms with Gasteiger partial charge < -0.3 is 20.9 Å². The minimum atomic E-state index is -0.396. The van der Waals surface area contributed by atoms with Gasteiger partial charge in [-0.25, -0.2) is 4.79 Å². The van der Waals surface area contributed by atoms with Crippen LogP contribution in [-0.2, 0) is 4.79 Å². The Balaban J connectivity index is 1.50. The van der Waals surface area contributed by atoms with Gasteiger partial charge in [0.1, 0.15) is 0 Å². The van der Waals surface area contributed by atoms with Crippen molar-refractivity contribution in [2.45, 2.75) is 44.7 Å². The average molecular weight is 432 g/mol. The number of hydrogen-bond donors (Lipinski definition) is 3. The van der Waals surface area contributed by atoms with Crippen molar-refractivity contribution in [2.75, 3.05) is 24.2 Å². The number of urea groups is 1. The van der Waals surface area contributed by atoms with E-state index >= 15 is 0 Å². The molecule has 7 heteroatoms. The second-order valence-corrected chi connectivity index (χ2v) is 8.95. The van der Waals surface area contributed by atoms with Crippen molar-refractivity contribution in [3.63, 3.8) is 0 Å². The molecule has 4 rings (SSSR count). The first-order chi connectivity index (χ1) is 15.4. The number of amides is 3. The maximum atomic E-state index is 13.3. The van der Waals surface area contributed by atoms with Crippen LogP contribution in [0.1, 0.15) is 42.4 Å². The lowest BCUT2D eigenvalue weighted by Crippen LogP contribution is -2.57. The summed E-state index contributed by atoms with van der Waals surface area (Å²) in [5, 5.41) is 18.2. The fraction of sp³-hybridized carbons (Fsp3) is 0.400. The van der Waals surface area contributed by atoms with Gasteiger partial charge in [-0.3, -0.25) is 4.79 Å². The maximum absolute atomic E-state index is 13.3. The van der Waals surface area contributed by atoms with Crippen LogP contribution in [0.25, 0.3) is 0 Å². The van der Waals surface area contributed by atoms with E-state index in [-0.39, 0.29) is 17.9 Å². The van der Waals surface area contributed by atoms with Crippen LogP contribution in [0, 0.1) is 24.2 Å². The lowest BCUT2D eigenvalue weighted by Gasteiger charge is -2.47. The number of hydrogen-bond acceptors (Lipinski definition) is 4. The van der Waals surface area contributed by atoms with Crippen LogP contribution in [0.3, 0.4) is 0 Å². The van der Waals surface area contributed by atoms with Crippen LogP contribution in [0.4, 0.5) is 16.2 Å². The first kappa shape index (κ1) is 21.8. The van der Waals surface area contributed by atoms with Gasteiger partial charge in [0, 0.05) is 37.1 Å². The monoisotopic (exact) mass is 431 g/mol. The smallest absolute Gasteiger partial charge is 0.323 e. The molecule has 0 aromatic heterocycles. The number of nitrogens with one attached hydrogen (secondary N) is 3. The number of piperidine rings is 2. The van der Waals surface area contributed by atoms with Crippen molar-refractivity contribution in [2.24, 2.45) is 5.92 Å². The van der Waals surface area contributed by atoms with Crippen molar-refractivity contribution in [3.8, 4) is 6.07 Å². The van der Waals surface area contributed by atoms with Gasteiger partial charge in [0.25, 0.3) is 0 Å². The summed E-state index contributed by atoms with van der Waals surface area (Å²) in [5.74, 6) is 0.359. The summed E-state index contributed by atoms with van der Waals surface area (Å²) in [4.78, 5) is 27.7. The molecule has 7 nitrogen and oxygen atoms in total. The van der Waals surface area contributed by atoms with E-state index in [9.17, 15) is 9.59 Å². The number of nitriles is 1. The third-order valence-corrected chi connectivity index (χ3v) is 6.71. The van der Waals surface area contributed by atoms with Gasteiger partial charge in [-0.05, 0) is 74.1 Å². The Kier molecular flexibility index (Phi) is 6.15. The van der Waals surface area contributed by atoms with Gasteiger partial charge in [-0.15, -0.1) is 0 Å². The molecule has 2 aromatic rings. The Labute approximate surface area is 188 Å². The number of anilines is 2. The summed E-state index contributed by atoms with van der Waals surface area (Å²) < 4.78 is 0. The summed E-state index contributed by atoms with van der Waals surface area (Å²) in [7, 11) is 1.92. The zero-order valence-corrected chi connectivity index (χ0v) is 18.7. The molecule has 0 radical (unpaired) electrons. The molecule has 3 amide bonds. The predicted molar refractivity (Wildman–Crippen MR) is 124 cm³/mol. The topological polar surface area (TPSA) is 97.3 Å². The third kappa shape index (κ3) is 4.46. The van der Waals surface area contributed by atoms with Gasteiger partial charge in [0.15, 0.2) is 0 Å². The summed E-state index contributed by atoms with van der Waals surface area (Å²) in [6, 6.07) is 14.8. The molecular weight excluding hydrogens is 402 g/mol. The van der Waals surface area contributed by atoms with E-state index in [1.165, 1.54) is 0 Å². The van der Waals surface area contributed by atoms with Crippen molar-refractivity contribution in [3.05, 3.63) is 59.2 Å². The SMILES string of the molecule is Cc1ccc(NC(=O)Nc2cccc(C#N)c2)cc1C1CC2CNC(C)CC2N(C)C1=O. The van der Waals surface area contributed by atoms with E-state index < -0.39 is 6.03 Å². The largest absolute Gasteiger partial charge is 0.342 e. The van der Waals surface area contributed by atoms with Crippen molar-refractivity contribution < 1.29 is 9.59 Å². The molecule has 4 unspecified atom stereocenters. The summed E-state index contributed by atoms with van der Waals surface area (Å²) in [5.41, 5.74) is 3.66. The number of benzene rings is 2. The molecule has 0 spiro atoms. The van der Waals surface area contributed by atoms with Crippen LogP contribution in [-0.4, -0.2) is 42.5 Å². The fourth-order valence-electron chi connectivity index (χ4n) is 4.97. The van der Waals surface area contributed by atoms with Crippen LogP contribution in [0.2, 0.25) is 0 Å². The van der Waals surface area contributed by atoms with Crippen molar-refractivity contribution in [1.82, 2.24) is 10.2 Å². The standard InChI is InChI=1S/C25H29N5O2/c1-15-7-8-20(29-25(32)28-19-6-4-5-17(10-19)13-26)12-21(15)22-11-18-14-27-16(2)9-23(18)30(3)24(22)31/h4-8,10,12,16,18,22-23,27H,9,11,14H2,1-3H3,(H2,28,29,32). The molecular formula is C25H29N5O2. The van der Waals surface area contributed by atoms with Crippen LogP contribution < -0.4 is 16.0 Å². The zero-order chi connectivity index (χ0) is 22.8. The molecule has 0 bridgehead atoms. The van der Waals surface area contributed by atoms with Gasteiger partial charge in [-0.1, -0.05) is 12.1 Å². The highest BCUT2D eigenvalue weighted by atomic mass is 16.2. The average Bonchev–Trinajstić information content (AvgIpc) is 2.78. The molecule has 2 aliphatic heterocycles. The van der Waals surface area contributed by atoms with E-state index in [1.807, 2.05) is 37.1 Å². The van der Waals surface area contributed by atoms with E-state index in [0.717, 1.165) is 30.5 Å². The van der Waals surface area contributed by atoms with Crippen molar-refractivity contribution in [1.29, 1.82) is 5.26 Å². The first-order valence-corrected chi connectivity index (χ1v) is 11.0. The Morgan fingerprint density at radius 2 is 1.91 bits per heavy atom. The molecule has 3 N–H and O–H groups in total. The number of fused-ring (bicyclic) bond motifs is 1. The van der Waals surface area contributed by atoms with E-state index in [2.05, 4.69) is 28.9 Å². The lowest BCUT2D eigenvalue weighted by molar-refractivity contribution is -0.140. The van der Waals surface area contributed by atoms with E-state index in [0.29, 0.717) is 28.9 Å². The molecule has 4 atom stereocenters.